The molecule has 3 rings (SSSR count). The van der Waals surface area contributed by atoms with E-state index in [0.29, 0.717) is 17.7 Å². The van der Waals surface area contributed by atoms with Gasteiger partial charge in [-0.3, -0.25) is 4.79 Å². The van der Waals surface area contributed by atoms with Gasteiger partial charge in [0, 0.05) is 11.4 Å². The molecule has 1 aliphatic heterocycles. The van der Waals surface area contributed by atoms with Crippen LogP contribution in [0.4, 0.5) is 0 Å². The summed E-state index contributed by atoms with van der Waals surface area (Å²) in [5, 5.41) is 9.55. The van der Waals surface area contributed by atoms with Gasteiger partial charge in [0.05, 0.1) is 6.04 Å². The first-order chi connectivity index (χ1) is 10.2. The first-order valence-corrected chi connectivity index (χ1v) is 9.11. The Morgan fingerprint density at radius 1 is 1.33 bits per heavy atom. The molecule has 21 heavy (non-hydrogen) atoms. The molecule has 1 aliphatic carbocycles. The zero-order chi connectivity index (χ0) is 14.7. The van der Waals surface area contributed by atoms with E-state index in [1.165, 1.54) is 38.5 Å². The Balaban J connectivity index is 1.57. The normalized spacial score (nSPS) is 24.9. The van der Waals surface area contributed by atoms with Gasteiger partial charge in [0.2, 0.25) is 0 Å². The third-order valence-electron chi connectivity index (χ3n) is 4.83. The molecular formula is C16H25N3OS. The third kappa shape index (κ3) is 3.64. The lowest BCUT2D eigenvalue weighted by Gasteiger charge is -2.28. The van der Waals surface area contributed by atoms with Crippen molar-refractivity contribution in [3.05, 3.63) is 16.1 Å². The standard InChI is InChI=1S/C16H25N3OS/c1-11(12-6-3-2-4-7-12)18-15(20)14-10-21-16(19-14)13-8-5-9-17-13/h10-13,17H,2-9H2,1H3,(H,18,20). The highest BCUT2D eigenvalue weighted by atomic mass is 32.1. The zero-order valence-electron chi connectivity index (χ0n) is 12.7. The number of amides is 1. The summed E-state index contributed by atoms with van der Waals surface area (Å²) in [7, 11) is 0. The lowest BCUT2D eigenvalue weighted by atomic mass is 9.84. The maximum absolute atomic E-state index is 12.3. The minimum Gasteiger partial charge on any atom is -0.348 e. The number of aromatic nitrogens is 1. The number of hydrogen-bond acceptors (Lipinski definition) is 4. The van der Waals surface area contributed by atoms with E-state index >= 15 is 0 Å². The summed E-state index contributed by atoms with van der Waals surface area (Å²) < 4.78 is 0. The van der Waals surface area contributed by atoms with Gasteiger partial charge in [0.25, 0.3) is 5.91 Å². The van der Waals surface area contributed by atoms with Crippen molar-refractivity contribution < 1.29 is 4.79 Å². The van der Waals surface area contributed by atoms with Crippen LogP contribution in [0.3, 0.4) is 0 Å². The Morgan fingerprint density at radius 3 is 2.86 bits per heavy atom. The number of rotatable bonds is 4. The van der Waals surface area contributed by atoms with Gasteiger partial charge in [-0.25, -0.2) is 4.98 Å². The van der Waals surface area contributed by atoms with E-state index in [9.17, 15) is 4.79 Å². The van der Waals surface area contributed by atoms with Gasteiger partial charge in [-0.2, -0.15) is 0 Å². The van der Waals surface area contributed by atoms with Crippen molar-refractivity contribution in [1.29, 1.82) is 0 Å². The van der Waals surface area contributed by atoms with Crippen molar-refractivity contribution in [2.75, 3.05) is 6.54 Å². The van der Waals surface area contributed by atoms with Crippen molar-refractivity contribution in [3.8, 4) is 0 Å². The monoisotopic (exact) mass is 307 g/mol. The van der Waals surface area contributed by atoms with Crippen LogP contribution in [0.1, 0.15) is 73.4 Å². The fraction of sp³-hybridized carbons (Fsp3) is 0.750. The maximum Gasteiger partial charge on any atom is 0.270 e. The van der Waals surface area contributed by atoms with Gasteiger partial charge >= 0.3 is 0 Å². The minimum absolute atomic E-state index is 0.00595. The molecule has 1 amide bonds. The van der Waals surface area contributed by atoms with E-state index < -0.39 is 0 Å². The van der Waals surface area contributed by atoms with E-state index in [4.69, 9.17) is 0 Å². The summed E-state index contributed by atoms with van der Waals surface area (Å²) in [6.07, 6.45) is 8.78. The fourth-order valence-corrected chi connectivity index (χ4v) is 4.39. The van der Waals surface area contributed by atoms with Gasteiger partial charge in [0.15, 0.2) is 0 Å². The number of thiazole rings is 1. The van der Waals surface area contributed by atoms with Crippen LogP contribution < -0.4 is 10.6 Å². The van der Waals surface area contributed by atoms with Crippen LogP contribution in [-0.2, 0) is 0 Å². The van der Waals surface area contributed by atoms with Gasteiger partial charge in [-0.1, -0.05) is 19.3 Å². The predicted octanol–water partition coefficient (Wildman–Crippen LogP) is 3.27. The number of carbonyl (C=O) groups excluding carboxylic acids is 1. The SMILES string of the molecule is CC(NC(=O)c1csc(C2CCCN2)n1)C1CCCCC1. The van der Waals surface area contributed by atoms with Crippen LogP contribution >= 0.6 is 11.3 Å². The Kier molecular flexibility index (Phi) is 4.91. The van der Waals surface area contributed by atoms with Gasteiger partial charge in [-0.15, -0.1) is 11.3 Å². The molecule has 2 N–H and O–H groups in total. The highest BCUT2D eigenvalue weighted by Gasteiger charge is 2.24. The number of carbonyl (C=O) groups is 1. The molecule has 1 saturated heterocycles. The van der Waals surface area contributed by atoms with E-state index in [0.717, 1.165) is 18.0 Å². The fourth-order valence-electron chi connectivity index (χ4n) is 3.48. The minimum atomic E-state index is -0.00595. The average molecular weight is 307 g/mol. The molecule has 116 valence electrons. The smallest absolute Gasteiger partial charge is 0.270 e. The van der Waals surface area contributed by atoms with Gasteiger partial charge in [0.1, 0.15) is 10.7 Å². The van der Waals surface area contributed by atoms with Crippen molar-refractivity contribution in [1.82, 2.24) is 15.6 Å². The molecule has 1 aromatic rings. The highest BCUT2D eigenvalue weighted by Crippen LogP contribution is 2.27. The van der Waals surface area contributed by atoms with Crippen molar-refractivity contribution in [2.45, 2.75) is 64.0 Å². The Labute approximate surface area is 130 Å². The second-order valence-electron chi connectivity index (χ2n) is 6.38. The van der Waals surface area contributed by atoms with E-state index in [2.05, 4.69) is 22.5 Å². The van der Waals surface area contributed by atoms with E-state index in [-0.39, 0.29) is 11.9 Å². The van der Waals surface area contributed by atoms with Crippen LogP contribution in [-0.4, -0.2) is 23.5 Å². The molecule has 1 saturated carbocycles. The van der Waals surface area contributed by atoms with E-state index in [1.807, 2.05) is 5.38 Å². The summed E-state index contributed by atoms with van der Waals surface area (Å²) in [5.74, 6) is 0.630. The number of hydrogen-bond donors (Lipinski definition) is 2. The molecule has 0 radical (unpaired) electrons. The summed E-state index contributed by atoms with van der Waals surface area (Å²) in [6.45, 7) is 3.20. The molecule has 2 heterocycles. The maximum atomic E-state index is 12.3. The largest absolute Gasteiger partial charge is 0.348 e. The average Bonchev–Trinajstić information content (AvgIpc) is 3.19. The summed E-state index contributed by atoms with van der Waals surface area (Å²) in [6, 6.07) is 0.611. The van der Waals surface area contributed by atoms with Crippen LogP contribution in [0.25, 0.3) is 0 Å². The van der Waals surface area contributed by atoms with Crippen LogP contribution in [0.2, 0.25) is 0 Å². The summed E-state index contributed by atoms with van der Waals surface area (Å²) >= 11 is 1.60. The molecule has 2 aliphatic rings. The predicted molar refractivity (Wildman–Crippen MR) is 85.6 cm³/mol. The lowest BCUT2D eigenvalue weighted by molar-refractivity contribution is 0.0914. The molecule has 2 unspecified atom stereocenters. The molecular weight excluding hydrogens is 282 g/mol. The molecule has 2 fully saturated rings. The van der Waals surface area contributed by atoms with Crippen molar-refractivity contribution in [2.24, 2.45) is 5.92 Å². The van der Waals surface area contributed by atoms with Crippen LogP contribution in [0, 0.1) is 5.92 Å². The molecule has 1 aromatic heterocycles. The summed E-state index contributed by atoms with van der Waals surface area (Å²) in [4.78, 5) is 16.9. The van der Waals surface area contributed by atoms with E-state index in [1.54, 1.807) is 11.3 Å². The Hall–Kier alpha value is -0.940. The van der Waals surface area contributed by atoms with Crippen LogP contribution in [0.5, 0.6) is 0 Å². The zero-order valence-corrected chi connectivity index (χ0v) is 13.5. The third-order valence-corrected chi connectivity index (χ3v) is 5.79. The molecule has 5 heteroatoms. The molecule has 0 aromatic carbocycles. The number of nitrogens with one attached hydrogen (secondary N) is 2. The van der Waals surface area contributed by atoms with Crippen molar-refractivity contribution >= 4 is 17.2 Å². The quantitative estimate of drug-likeness (QED) is 0.897. The van der Waals surface area contributed by atoms with Gasteiger partial charge in [-0.05, 0) is 45.1 Å². The van der Waals surface area contributed by atoms with Gasteiger partial charge < -0.3 is 10.6 Å². The van der Waals surface area contributed by atoms with Crippen molar-refractivity contribution in [3.63, 3.8) is 0 Å². The Bertz CT molecular complexity index is 476. The first kappa shape index (κ1) is 15.0. The highest BCUT2D eigenvalue weighted by molar-refractivity contribution is 7.09. The molecule has 0 bridgehead atoms. The Morgan fingerprint density at radius 2 is 2.14 bits per heavy atom. The summed E-state index contributed by atoms with van der Waals surface area (Å²) in [5.41, 5.74) is 0.589. The van der Waals surface area contributed by atoms with Crippen LogP contribution in [0.15, 0.2) is 5.38 Å². The topological polar surface area (TPSA) is 54.0 Å². The lowest BCUT2D eigenvalue weighted by Crippen LogP contribution is -2.39. The molecule has 2 atom stereocenters. The number of nitrogens with zero attached hydrogens (tertiary/aromatic N) is 1. The second kappa shape index (κ2) is 6.88. The molecule has 0 spiro atoms. The first-order valence-electron chi connectivity index (χ1n) is 8.23. The molecule has 4 nitrogen and oxygen atoms in total. The second-order valence-corrected chi connectivity index (χ2v) is 7.27.